The largest absolute Gasteiger partial charge is 0.396 e. The maximum atomic E-state index is 12.0. The summed E-state index contributed by atoms with van der Waals surface area (Å²) in [5, 5.41) is 15.1. The van der Waals surface area contributed by atoms with Crippen LogP contribution in [0.4, 0.5) is 4.79 Å². The number of benzene rings is 1. The number of carbonyl (C=O) groups is 1. The van der Waals surface area contributed by atoms with E-state index < -0.39 is 0 Å². The number of aliphatic hydroxyl groups excluding tert-OH is 1. The Balaban J connectivity index is 2.59. The van der Waals surface area contributed by atoms with Gasteiger partial charge in [-0.2, -0.15) is 11.8 Å². The van der Waals surface area contributed by atoms with Crippen LogP contribution in [-0.2, 0) is 0 Å². The first kappa shape index (κ1) is 16.9. The van der Waals surface area contributed by atoms with Crippen LogP contribution in [0.25, 0.3) is 0 Å². The Kier molecular flexibility index (Phi) is 8.14. The standard InChI is InChI=1S/C15H24N2O2S/c1-3-13(11-20-2)16-15(19)17-14(9-10-18)12-7-5-4-6-8-12/h4-8,13-14,18H,3,9-11H2,1-2H3,(H2,16,17,19)/t13?,14-/m1/s1. The molecule has 5 heteroatoms. The van der Waals surface area contributed by atoms with Gasteiger partial charge in [0, 0.05) is 18.4 Å². The van der Waals surface area contributed by atoms with E-state index in [0.717, 1.165) is 17.7 Å². The molecular formula is C15H24N2O2S. The second-order valence-electron chi connectivity index (χ2n) is 4.65. The minimum Gasteiger partial charge on any atom is -0.396 e. The van der Waals surface area contributed by atoms with Gasteiger partial charge in [0.05, 0.1) is 6.04 Å². The highest BCUT2D eigenvalue weighted by molar-refractivity contribution is 7.98. The van der Waals surface area contributed by atoms with Crippen molar-refractivity contribution in [3.8, 4) is 0 Å². The van der Waals surface area contributed by atoms with Crippen molar-refractivity contribution in [1.82, 2.24) is 10.6 Å². The van der Waals surface area contributed by atoms with Crippen molar-refractivity contribution in [1.29, 1.82) is 0 Å². The third-order valence-corrected chi connectivity index (χ3v) is 3.86. The second kappa shape index (κ2) is 9.66. The highest BCUT2D eigenvalue weighted by atomic mass is 32.2. The highest BCUT2D eigenvalue weighted by Crippen LogP contribution is 2.15. The summed E-state index contributed by atoms with van der Waals surface area (Å²) in [6.07, 6.45) is 3.45. The predicted molar refractivity (Wildman–Crippen MR) is 85.0 cm³/mol. The lowest BCUT2D eigenvalue weighted by molar-refractivity contribution is 0.226. The Morgan fingerprint density at radius 2 is 2.00 bits per heavy atom. The fourth-order valence-electron chi connectivity index (χ4n) is 1.98. The van der Waals surface area contributed by atoms with E-state index in [1.54, 1.807) is 11.8 Å². The molecule has 0 aliphatic heterocycles. The lowest BCUT2D eigenvalue weighted by Crippen LogP contribution is -2.44. The molecule has 4 nitrogen and oxygen atoms in total. The summed E-state index contributed by atoms with van der Waals surface area (Å²) in [7, 11) is 0. The molecule has 1 aromatic rings. The summed E-state index contributed by atoms with van der Waals surface area (Å²) < 4.78 is 0. The van der Waals surface area contributed by atoms with Gasteiger partial charge in [-0.15, -0.1) is 0 Å². The molecule has 0 saturated carbocycles. The first-order valence-electron chi connectivity index (χ1n) is 6.93. The summed E-state index contributed by atoms with van der Waals surface area (Å²) in [6.45, 7) is 2.10. The topological polar surface area (TPSA) is 61.4 Å². The van der Waals surface area contributed by atoms with Crippen LogP contribution in [0.2, 0.25) is 0 Å². The number of nitrogens with one attached hydrogen (secondary N) is 2. The van der Waals surface area contributed by atoms with Gasteiger partial charge in [-0.25, -0.2) is 4.79 Å². The van der Waals surface area contributed by atoms with Crippen LogP contribution >= 0.6 is 11.8 Å². The molecule has 2 atom stereocenters. The lowest BCUT2D eigenvalue weighted by atomic mass is 10.0. The molecule has 0 aliphatic rings. The zero-order chi connectivity index (χ0) is 14.8. The molecule has 3 N–H and O–H groups in total. The molecule has 2 amide bonds. The van der Waals surface area contributed by atoms with E-state index in [4.69, 9.17) is 5.11 Å². The molecule has 1 aromatic carbocycles. The van der Waals surface area contributed by atoms with Gasteiger partial charge in [0.1, 0.15) is 0 Å². The molecular weight excluding hydrogens is 272 g/mol. The zero-order valence-electron chi connectivity index (χ0n) is 12.1. The van der Waals surface area contributed by atoms with Crippen molar-refractivity contribution in [2.75, 3.05) is 18.6 Å². The number of aliphatic hydroxyl groups is 1. The number of hydrogen-bond donors (Lipinski definition) is 3. The van der Waals surface area contributed by atoms with Crippen LogP contribution in [0.1, 0.15) is 31.4 Å². The molecule has 0 saturated heterocycles. The van der Waals surface area contributed by atoms with E-state index in [-0.39, 0.29) is 24.7 Å². The summed E-state index contributed by atoms with van der Waals surface area (Å²) in [5.74, 6) is 0.903. The molecule has 0 spiro atoms. The van der Waals surface area contributed by atoms with Gasteiger partial charge in [-0.1, -0.05) is 37.3 Å². The van der Waals surface area contributed by atoms with E-state index in [2.05, 4.69) is 17.6 Å². The van der Waals surface area contributed by atoms with Crippen molar-refractivity contribution < 1.29 is 9.90 Å². The number of rotatable bonds is 8. The molecule has 1 rings (SSSR count). The smallest absolute Gasteiger partial charge is 0.315 e. The lowest BCUT2D eigenvalue weighted by Gasteiger charge is -2.21. The molecule has 0 radical (unpaired) electrons. The van der Waals surface area contributed by atoms with Gasteiger partial charge in [-0.05, 0) is 24.7 Å². The first-order valence-corrected chi connectivity index (χ1v) is 8.32. The molecule has 0 fully saturated rings. The quantitative estimate of drug-likeness (QED) is 0.691. The second-order valence-corrected chi connectivity index (χ2v) is 5.56. The van der Waals surface area contributed by atoms with Crippen molar-refractivity contribution in [2.24, 2.45) is 0 Å². The van der Waals surface area contributed by atoms with Crippen molar-refractivity contribution in [2.45, 2.75) is 31.8 Å². The van der Waals surface area contributed by atoms with Crippen molar-refractivity contribution >= 4 is 17.8 Å². The van der Waals surface area contributed by atoms with Crippen LogP contribution < -0.4 is 10.6 Å². The normalized spacial score (nSPS) is 13.6. The Hall–Kier alpha value is -1.20. The molecule has 0 aromatic heterocycles. The van der Waals surface area contributed by atoms with Crippen molar-refractivity contribution in [3.05, 3.63) is 35.9 Å². The molecule has 1 unspecified atom stereocenters. The minimum atomic E-state index is -0.173. The van der Waals surface area contributed by atoms with Gasteiger partial charge < -0.3 is 15.7 Å². The van der Waals surface area contributed by atoms with Crippen LogP contribution in [0.15, 0.2) is 30.3 Å². The average Bonchev–Trinajstić information content (AvgIpc) is 2.47. The predicted octanol–water partition coefficient (Wildman–Crippen LogP) is 2.55. The maximum Gasteiger partial charge on any atom is 0.315 e. The van der Waals surface area contributed by atoms with Crippen LogP contribution in [0, 0.1) is 0 Å². The van der Waals surface area contributed by atoms with E-state index in [9.17, 15) is 4.79 Å². The number of amides is 2. The third-order valence-electron chi connectivity index (χ3n) is 3.12. The Bertz CT molecular complexity index is 387. The molecule has 20 heavy (non-hydrogen) atoms. The van der Waals surface area contributed by atoms with E-state index in [0.29, 0.717) is 6.42 Å². The zero-order valence-corrected chi connectivity index (χ0v) is 13.0. The molecule has 0 heterocycles. The third kappa shape index (κ3) is 5.84. The monoisotopic (exact) mass is 296 g/mol. The van der Waals surface area contributed by atoms with E-state index >= 15 is 0 Å². The fourth-order valence-corrected chi connectivity index (χ4v) is 2.71. The summed E-state index contributed by atoms with van der Waals surface area (Å²) in [5.41, 5.74) is 1.01. The van der Waals surface area contributed by atoms with Gasteiger partial charge >= 0.3 is 6.03 Å². The SMILES string of the molecule is CCC(CSC)NC(=O)N[C@H](CCO)c1ccccc1. The van der Waals surface area contributed by atoms with Gasteiger partial charge in [-0.3, -0.25) is 0 Å². The Labute approximate surface area is 125 Å². The fraction of sp³-hybridized carbons (Fsp3) is 0.533. The summed E-state index contributed by atoms with van der Waals surface area (Å²) in [6, 6.07) is 9.56. The number of hydrogen-bond acceptors (Lipinski definition) is 3. The average molecular weight is 296 g/mol. The molecule has 0 bridgehead atoms. The van der Waals surface area contributed by atoms with Crippen LogP contribution in [0.5, 0.6) is 0 Å². The summed E-state index contributed by atoms with van der Waals surface area (Å²) in [4.78, 5) is 12.0. The number of urea groups is 1. The van der Waals surface area contributed by atoms with E-state index in [1.807, 2.05) is 36.6 Å². The molecule has 112 valence electrons. The molecule has 0 aliphatic carbocycles. The van der Waals surface area contributed by atoms with Gasteiger partial charge in [0.2, 0.25) is 0 Å². The van der Waals surface area contributed by atoms with Gasteiger partial charge in [0.25, 0.3) is 0 Å². The number of carbonyl (C=O) groups excluding carboxylic acids is 1. The maximum absolute atomic E-state index is 12.0. The number of thioether (sulfide) groups is 1. The Morgan fingerprint density at radius 3 is 2.55 bits per heavy atom. The van der Waals surface area contributed by atoms with Crippen LogP contribution in [-0.4, -0.2) is 35.8 Å². The van der Waals surface area contributed by atoms with Gasteiger partial charge in [0.15, 0.2) is 0 Å². The van der Waals surface area contributed by atoms with Crippen LogP contribution in [0.3, 0.4) is 0 Å². The Morgan fingerprint density at radius 1 is 1.30 bits per heavy atom. The minimum absolute atomic E-state index is 0.0435. The first-order chi connectivity index (χ1) is 9.71. The highest BCUT2D eigenvalue weighted by Gasteiger charge is 2.16. The van der Waals surface area contributed by atoms with E-state index in [1.165, 1.54) is 0 Å². The summed E-state index contributed by atoms with van der Waals surface area (Å²) >= 11 is 1.72. The van der Waals surface area contributed by atoms with Crippen molar-refractivity contribution in [3.63, 3.8) is 0 Å².